The van der Waals surface area contributed by atoms with E-state index in [4.69, 9.17) is 4.74 Å². The molecule has 0 radical (unpaired) electrons. The summed E-state index contributed by atoms with van der Waals surface area (Å²) in [5.74, 6) is 6.37. The Kier molecular flexibility index (Phi) is 7.25. The van der Waals surface area contributed by atoms with Crippen LogP contribution in [0.25, 0.3) is 0 Å². The monoisotopic (exact) mass is 381 g/mol. The molecule has 0 bridgehead atoms. The largest absolute Gasteiger partial charge is 0.493 e. The van der Waals surface area contributed by atoms with E-state index < -0.39 is 5.91 Å². The maximum Gasteiger partial charge on any atom is 0.287 e. The molecule has 2 fully saturated rings. The second-order valence-corrected chi connectivity index (χ2v) is 8.54. The molecule has 0 aromatic heterocycles. The highest BCUT2D eigenvalue weighted by Crippen LogP contribution is 2.49. The fraction of sp³-hybridized carbons (Fsp3) is 0.625. The van der Waals surface area contributed by atoms with E-state index in [2.05, 4.69) is 17.0 Å². The molecule has 1 spiro atoms. The number of hydrogen-bond acceptors (Lipinski definition) is 3. The molecule has 2 aliphatic carbocycles. The minimum Gasteiger partial charge on any atom is -0.493 e. The first kappa shape index (κ1) is 20.6. The summed E-state index contributed by atoms with van der Waals surface area (Å²) in [6.45, 7) is 2.51. The van der Waals surface area contributed by atoms with Crippen LogP contribution in [0.4, 0.5) is 0 Å². The Morgan fingerprint density at radius 2 is 1.89 bits per heavy atom. The molecule has 2 aliphatic rings. The zero-order valence-corrected chi connectivity index (χ0v) is 16.9. The predicted molar refractivity (Wildman–Crippen MR) is 111 cm³/mol. The van der Waals surface area contributed by atoms with Gasteiger partial charge in [0.15, 0.2) is 0 Å². The van der Waals surface area contributed by atoms with Crippen LogP contribution in [0.15, 0.2) is 29.4 Å². The Labute approximate surface area is 168 Å². The maximum atomic E-state index is 11.4. The van der Waals surface area contributed by atoms with Gasteiger partial charge in [-0.2, -0.15) is 0 Å². The first-order valence-electron chi connectivity index (χ1n) is 10.7. The zero-order chi connectivity index (χ0) is 19.8. The van der Waals surface area contributed by atoms with Crippen molar-refractivity contribution in [2.75, 3.05) is 6.61 Å². The van der Waals surface area contributed by atoms with Crippen LogP contribution >= 0.6 is 0 Å². The Hall–Kier alpha value is -2.15. The van der Waals surface area contributed by atoms with Crippen LogP contribution in [0.3, 0.4) is 0 Å². The summed E-state index contributed by atoms with van der Waals surface area (Å²) in [5.41, 5.74) is 1.51. The Morgan fingerprint density at radius 3 is 2.57 bits per heavy atom. The number of amides is 1. The Balaban J connectivity index is 1.55. The van der Waals surface area contributed by atoms with Crippen molar-refractivity contribution in [2.45, 2.75) is 77.0 Å². The molecule has 2 saturated carbocycles. The van der Waals surface area contributed by atoms with Gasteiger partial charge in [-0.1, -0.05) is 43.7 Å². The van der Waals surface area contributed by atoms with E-state index in [1.54, 1.807) is 6.92 Å². The summed E-state index contributed by atoms with van der Waals surface area (Å²) in [5, 5.41) is 2.49. The van der Waals surface area contributed by atoms with Gasteiger partial charge in [0.05, 0.1) is 18.9 Å². The van der Waals surface area contributed by atoms with Gasteiger partial charge in [0, 0.05) is 5.18 Å². The van der Waals surface area contributed by atoms with Crippen LogP contribution in [-0.4, -0.2) is 12.5 Å². The Bertz CT molecular complexity index is 717. The molecule has 4 nitrogen and oxygen atoms in total. The molecular formula is C24H31NO3. The van der Waals surface area contributed by atoms with Crippen LogP contribution in [-0.2, 0) is 4.79 Å². The molecule has 28 heavy (non-hydrogen) atoms. The molecule has 1 unspecified atom stereocenters. The number of nitroso groups, excluding NO2 is 1. The molecule has 150 valence electrons. The normalized spacial score (nSPS) is 22.0. The van der Waals surface area contributed by atoms with Crippen LogP contribution in [0.2, 0.25) is 0 Å². The summed E-state index contributed by atoms with van der Waals surface area (Å²) in [4.78, 5) is 21.8. The lowest BCUT2D eigenvalue weighted by Crippen LogP contribution is -2.33. The first-order chi connectivity index (χ1) is 13.6. The minimum atomic E-state index is -0.665. The van der Waals surface area contributed by atoms with E-state index >= 15 is 0 Å². The van der Waals surface area contributed by atoms with Crippen LogP contribution in [0, 0.1) is 28.1 Å². The van der Waals surface area contributed by atoms with Crippen molar-refractivity contribution >= 4 is 5.91 Å². The van der Waals surface area contributed by atoms with Gasteiger partial charge < -0.3 is 4.74 Å². The third-order valence-electron chi connectivity index (χ3n) is 6.52. The van der Waals surface area contributed by atoms with Crippen LogP contribution in [0.5, 0.6) is 5.75 Å². The van der Waals surface area contributed by atoms with Gasteiger partial charge in [-0.3, -0.25) is 4.79 Å². The van der Waals surface area contributed by atoms with Gasteiger partial charge in [-0.05, 0) is 68.1 Å². The Morgan fingerprint density at radius 1 is 1.18 bits per heavy atom. The van der Waals surface area contributed by atoms with Crippen molar-refractivity contribution in [1.82, 2.24) is 0 Å². The van der Waals surface area contributed by atoms with Gasteiger partial charge in [-0.25, -0.2) is 0 Å². The van der Waals surface area contributed by atoms with E-state index in [1.807, 2.05) is 24.3 Å². The third-order valence-corrected chi connectivity index (χ3v) is 6.52. The van der Waals surface area contributed by atoms with Gasteiger partial charge >= 0.3 is 0 Å². The van der Waals surface area contributed by atoms with Crippen molar-refractivity contribution in [3.8, 4) is 17.6 Å². The number of benzene rings is 1. The van der Waals surface area contributed by atoms with Crippen molar-refractivity contribution in [3.63, 3.8) is 0 Å². The first-order valence-corrected chi connectivity index (χ1v) is 10.7. The third kappa shape index (κ3) is 5.44. The molecule has 1 amide bonds. The van der Waals surface area contributed by atoms with Crippen molar-refractivity contribution in [1.29, 1.82) is 0 Å². The molecule has 0 saturated heterocycles. The van der Waals surface area contributed by atoms with E-state index in [1.165, 1.54) is 57.8 Å². The van der Waals surface area contributed by atoms with Crippen molar-refractivity contribution in [2.24, 2.45) is 16.5 Å². The summed E-state index contributed by atoms with van der Waals surface area (Å²) in [6.07, 6.45) is 12.4. The maximum absolute atomic E-state index is 11.4. The number of rotatable bonds is 6. The fourth-order valence-corrected chi connectivity index (χ4v) is 5.13. The van der Waals surface area contributed by atoms with Crippen LogP contribution < -0.4 is 4.74 Å². The average molecular weight is 382 g/mol. The highest BCUT2D eigenvalue weighted by atomic mass is 16.5. The summed E-state index contributed by atoms with van der Waals surface area (Å²) < 4.78 is 6.10. The SMILES string of the molecule is CC#C[C@@H](CC(=O)N=O)c1ccc(OCC2CCCC3(CCCCC3)C2)cc1. The minimum absolute atomic E-state index is 0.0225. The number of hydrogen-bond donors (Lipinski definition) is 0. The number of ether oxygens (including phenoxy) is 1. The van der Waals surface area contributed by atoms with Crippen LogP contribution in [0.1, 0.15) is 82.6 Å². The second kappa shape index (κ2) is 9.87. The molecule has 4 heteroatoms. The zero-order valence-electron chi connectivity index (χ0n) is 16.9. The lowest BCUT2D eigenvalue weighted by atomic mass is 9.63. The summed E-state index contributed by atoms with van der Waals surface area (Å²) >= 11 is 0. The van der Waals surface area contributed by atoms with E-state index in [0.29, 0.717) is 11.3 Å². The summed E-state index contributed by atoms with van der Waals surface area (Å²) in [7, 11) is 0. The number of nitrogens with zero attached hydrogens (tertiary/aromatic N) is 1. The smallest absolute Gasteiger partial charge is 0.287 e. The topological polar surface area (TPSA) is 55.7 Å². The highest BCUT2D eigenvalue weighted by molar-refractivity contribution is 5.78. The van der Waals surface area contributed by atoms with Gasteiger partial charge in [-0.15, -0.1) is 10.8 Å². The summed E-state index contributed by atoms with van der Waals surface area (Å²) in [6, 6.07) is 7.76. The number of carbonyl (C=O) groups excluding carboxylic acids is 1. The van der Waals surface area contributed by atoms with Gasteiger partial charge in [0.25, 0.3) is 5.91 Å². The molecule has 0 aliphatic heterocycles. The predicted octanol–water partition coefficient (Wildman–Crippen LogP) is 6.00. The molecular weight excluding hydrogens is 350 g/mol. The van der Waals surface area contributed by atoms with E-state index in [-0.39, 0.29) is 12.3 Å². The standard InChI is InChI=1S/C24H31NO3/c1-2-7-21(16-23(26)25-27)20-9-11-22(12-10-20)28-18-19-8-6-15-24(17-19)13-4-3-5-14-24/h9-12,19,21H,3-6,8,13-18H2,1H3/t19?,21-/m0/s1. The van der Waals surface area contributed by atoms with E-state index in [0.717, 1.165) is 17.9 Å². The molecule has 2 atom stereocenters. The lowest BCUT2D eigenvalue weighted by molar-refractivity contribution is -0.118. The molecule has 0 N–H and O–H groups in total. The number of carbonyl (C=O) groups is 1. The molecule has 1 aromatic carbocycles. The van der Waals surface area contributed by atoms with Gasteiger partial charge in [0.1, 0.15) is 5.75 Å². The lowest BCUT2D eigenvalue weighted by Gasteiger charge is -2.43. The highest BCUT2D eigenvalue weighted by Gasteiger charge is 2.37. The second-order valence-electron chi connectivity index (χ2n) is 8.54. The van der Waals surface area contributed by atoms with Crippen molar-refractivity contribution < 1.29 is 9.53 Å². The quantitative estimate of drug-likeness (QED) is 0.449. The van der Waals surface area contributed by atoms with Crippen molar-refractivity contribution in [3.05, 3.63) is 34.7 Å². The fourth-order valence-electron chi connectivity index (χ4n) is 5.13. The van der Waals surface area contributed by atoms with E-state index in [9.17, 15) is 9.70 Å². The average Bonchev–Trinajstić information content (AvgIpc) is 2.73. The molecule has 1 aromatic rings. The molecule has 0 heterocycles. The molecule has 3 rings (SSSR count). The van der Waals surface area contributed by atoms with Gasteiger partial charge in [0.2, 0.25) is 0 Å².